The van der Waals surface area contributed by atoms with Gasteiger partial charge in [0, 0.05) is 0 Å². The molecule has 0 amide bonds. The predicted octanol–water partition coefficient (Wildman–Crippen LogP) is 3.71. The lowest BCUT2D eigenvalue weighted by atomic mass is 10.1. The molecule has 1 N–H and O–H groups in total. The number of thioether (sulfide) groups is 1. The van der Waals surface area contributed by atoms with Gasteiger partial charge in [-0.2, -0.15) is 5.10 Å². The molecule has 1 aliphatic rings. The van der Waals surface area contributed by atoms with Gasteiger partial charge in [0.25, 0.3) is 5.56 Å². The van der Waals surface area contributed by atoms with Crippen LogP contribution in [0.3, 0.4) is 0 Å². The molecular weight excluding hydrogens is 553 g/mol. The highest BCUT2D eigenvalue weighted by atomic mass is 127. The van der Waals surface area contributed by atoms with Crippen LogP contribution in [0.25, 0.3) is 0 Å². The van der Waals surface area contributed by atoms with Crippen LogP contribution in [0.1, 0.15) is 29.1 Å². The molecule has 9 heteroatoms. The number of aryl methyl sites for hydroxylation is 1. The number of ether oxygens (including phenoxy) is 2. The van der Waals surface area contributed by atoms with Crippen LogP contribution in [0.4, 0.5) is 0 Å². The largest absolute Gasteiger partial charge is 0.376 e. The number of rotatable bonds is 9. The van der Waals surface area contributed by atoms with Crippen molar-refractivity contribution >= 4 is 34.4 Å². The van der Waals surface area contributed by atoms with Gasteiger partial charge in [-0.25, -0.2) is 9.48 Å². The number of aromatic amines is 1. The summed E-state index contributed by atoms with van der Waals surface area (Å²) in [7, 11) is 0. The summed E-state index contributed by atoms with van der Waals surface area (Å²) >= 11 is 3.95. The van der Waals surface area contributed by atoms with E-state index in [1.807, 2.05) is 67.6 Å². The highest BCUT2D eigenvalue weighted by Crippen LogP contribution is 2.46. The van der Waals surface area contributed by atoms with Gasteiger partial charge in [0.1, 0.15) is 11.1 Å². The monoisotopic (exact) mass is 579 g/mol. The van der Waals surface area contributed by atoms with Gasteiger partial charge in [-0.3, -0.25) is 9.78 Å². The van der Waals surface area contributed by atoms with E-state index >= 15 is 0 Å². The van der Waals surface area contributed by atoms with Gasteiger partial charge in [-0.1, -0.05) is 90.2 Å². The lowest BCUT2D eigenvalue weighted by molar-refractivity contribution is 0.0186. The van der Waals surface area contributed by atoms with Crippen LogP contribution in [0.5, 0.6) is 0 Å². The Labute approximate surface area is 210 Å². The van der Waals surface area contributed by atoms with Gasteiger partial charge < -0.3 is 9.47 Å². The fourth-order valence-corrected chi connectivity index (χ4v) is 7.01. The predicted molar refractivity (Wildman–Crippen MR) is 138 cm³/mol. The van der Waals surface area contributed by atoms with E-state index in [-0.39, 0.29) is 20.7 Å². The molecule has 3 aromatic rings. The molecule has 0 aliphatic carbocycles. The normalized spacial score (nSPS) is 22.5. The zero-order chi connectivity index (χ0) is 23.2. The number of hydrogen-bond acceptors (Lipinski definition) is 6. The van der Waals surface area contributed by atoms with Crippen LogP contribution in [0.2, 0.25) is 0 Å². The molecule has 1 aliphatic heterocycles. The van der Waals surface area contributed by atoms with Crippen LogP contribution in [0.15, 0.2) is 70.3 Å². The first kappa shape index (κ1) is 24.2. The number of halogens is 1. The van der Waals surface area contributed by atoms with Gasteiger partial charge in [0.15, 0.2) is 0 Å². The third-order valence-electron chi connectivity index (χ3n) is 5.44. The number of H-pyrrole nitrogens is 1. The van der Waals surface area contributed by atoms with E-state index in [9.17, 15) is 9.59 Å². The Balaban J connectivity index is 1.53. The minimum absolute atomic E-state index is 0.00929. The fraction of sp³-hybridized carbons (Fsp3) is 0.375. The van der Waals surface area contributed by atoms with Crippen LogP contribution in [0, 0.1) is 0 Å². The molecule has 1 fully saturated rings. The summed E-state index contributed by atoms with van der Waals surface area (Å²) in [6.07, 6.45) is 0.304. The maximum absolute atomic E-state index is 12.6. The molecule has 4 atom stereocenters. The van der Waals surface area contributed by atoms with E-state index in [1.165, 1.54) is 4.68 Å². The molecule has 2 heterocycles. The number of benzene rings is 2. The molecule has 1 unspecified atom stereocenters. The topological polar surface area (TPSA) is 86.2 Å². The van der Waals surface area contributed by atoms with Crippen molar-refractivity contribution in [2.45, 2.75) is 47.2 Å². The van der Waals surface area contributed by atoms with E-state index in [4.69, 9.17) is 9.47 Å². The molecule has 174 valence electrons. The Morgan fingerprint density at radius 2 is 1.67 bits per heavy atom. The number of aromatic nitrogens is 3. The second-order valence-corrected chi connectivity index (χ2v) is 10.6. The van der Waals surface area contributed by atoms with Crippen molar-refractivity contribution in [3.63, 3.8) is 0 Å². The molecule has 1 aromatic heterocycles. The van der Waals surface area contributed by atoms with Crippen molar-refractivity contribution in [2.75, 3.05) is 6.61 Å². The Morgan fingerprint density at radius 3 is 2.30 bits per heavy atom. The summed E-state index contributed by atoms with van der Waals surface area (Å²) in [6, 6.07) is 20.0. The standard InChI is InChI=1S/C24H26IN3O4S/c1-2-18-22(29)26-24(30)28(27-18)23-20(25)21(32-14-17-11-7-4-8-12-17)19(33-23)15-31-13-16-9-5-3-6-10-16/h3-12,19-21,23H,2,13-15H2,1H3,(H,26,29,30)/t19-,20-,21-,23?/m1/s1. The van der Waals surface area contributed by atoms with Gasteiger partial charge >= 0.3 is 5.69 Å². The number of nitrogens with zero attached hydrogens (tertiary/aromatic N) is 2. The van der Waals surface area contributed by atoms with E-state index in [1.54, 1.807) is 11.8 Å². The fourth-order valence-electron chi connectivity index (χ4n) is 3.71. The third-order valence-corrected chi connectivity index (χ3v) is 8.84. The lowest BCUT2D eigenvalue weighted by Crippen LogP contribution is -2.39. The molecule has 0 spiro atoms. The quantitative estimate of drug-likeness (QED) is 0.308. The number of alkyl halides is 1. The minimum atomic E-state index is -0.496. The van der Waals surface area contributed by atoms with Crippen LogP contribution in [-0.2, 0) is 29.1 Å². The van der Waals surface area contributed by atoms with Gasteiger partial charge in [0.2, 0.25) is 0 Å². The summed E-state index contributed by atoms with van der Waals surface area (Å²) in [6.45, 7) is 3.31. The van der Waals surface area contributed by atoms with Crippen molar-refractivity contribution in [3.8, 4) is 0 Å². The molecule has 0 radical (unpaired) electrons. The smallest absolute Gasteiger partial charge is 0.345 e. The molecule has 33 heavy (non-hydrogen) atoms. The third kappa shape index (κ3) is 5.95. The summed E-state index contributed by atoms with van der Waals surface area (Å²) < 4.78 is 13.8. The molecule has 4 rings (SSSR count). The molecule has 7 nitrogen and oxygen atoms in total. The first-order chi connectivity index (χ1) is 16.1. The van der Waals surface area contributed by atoms with E-state index in [2.05, 4.69) is 32.7 Å². The first-order valence-electron chi connectivity index (χ1n) is 10.9. The highest BCUT2D eigenvalue weighted by Gasteiger charge is 2.45. The molecular formula is C24H26IN3O4S. The van der Waals surface area contributed by atoms with Crippen LogP contribution < -0.4 is 11.2 Å². The Hall–Kier alpha value is -1.95. The maximum Gasteiger partial charge on any atom is 0.345 e. The molecule has 2 aromatic carbocycles. The maximum atomic E-state index is 12.6. The number of hydrogen-bond donors (Lipinski definition) is 1. The minimum Gasteiger partial charge on any atom is -0.376 e. The van der Waals surface area contributed by atoms with Crippen molar-refractivity contribution in [2.24, 2.45) is 0 Å². The molecule has 0 bridgehead atoms. The summed E-state index contributed by atoms with van der Waals surface area (Å²) in [5.41, 5.74) is 1.63. The van der Waals surface area contributed by atoms with Gasteiger partial charge in [-0.05, 0) is 17.5 Å². The number of nitrogens with one attached hydrogen (secondary N) is 1. The summed E-state index contributed by atoms with van der Waals surface area (Å²) in [5, 5.41) is 4.11. The highest BCUT2D eigenvalue weighted by molar-refractivity contribution is 14.1. The van der Waals surface area contributed by atoms with Gasteiger partial charge in [-0.15, -0.1) is 11.8 Å². The van der Waals surface area contributed by atoms with Crippen LogP contribution >= 0.6 is 34.4 Å². The first-order valence-corrected chi connectivity index (χ1v) is 13.0. The Morgan fingerprint density at radius 1 is 1.03 bits per heavy atom. The van der Waals surface area contributed by atoms with E-state index in [0.29, 0.717) is 31.9 Å². The van der Waals surface area contributed by atoms with Crippen molar-refractivity contribution < 1.29 is 9.47 Å². The zero-order valence-corrected chi connectivity index (χ0v) is 21.2. The average Bonchev–Trinajstić information content (AvgIpc) is 3.14. The zero-order valence-electron chi connectivity index (χ0n) is 18.2. The van der Waals surface area contributed by atoms with E-state index < -0.39 is 11.2 Å². The Kier molecular flexibility index (Phi) is 8.39. The van der Waals surface area contributed by atoms with Crippen molar-refractivity contribution in [1.29, 1.82) is 0 Å². The molecule has 0 saturated carbocycles. The van der Waals surface area contributed by atoms with Crippen molar-refractivity contribution in [3.05, 3.63) is 98.3 Å². The lowest BCUT2D eigenvalue weighted by Gasteiger charge is -2.22. The van der Waals surface area contributed by atoms with Crippen LogP contribution in [-0.4, -0.2) is 36.6 Å². The summed E-state index contributed by atoms with van der Waals surface area (Å²) in [4.78, 5) is 27.0. The van der Waals surface area contributed by atoms with E-state index in [0.717, 1.165) is 11.1 Å². The average molecular weight is 579 g/mol. The van der Waals surface area contributed by atoms with Crippen molar-refractivity contribution in [1.82, 2.24) is 14.8 Å². The Bertz CT molecular complexity index is 1160. The van der Waals surface area contributed by atoms with Gasteiger partial charge in [0.05, 0.1) is 35.1 Å². The second-order valence-electron chi connectivity index (χ2n) is 7.78. The second kappa shape index (κ2) is 11.5. The SMILES string of the molecule is CCc1nn(C2S[C@H](COCc3ccccc3)[C@@H](OCc3ccccc3)[C@H]2I)c(=O)[nH]c1=O. The molecule has 1 saturated heterocycles. The summed E-state index contributed by atoms with van der Waals surface area (Å²) in [5.74, 6) is 0.